The van der Waals surface area contributed by atoms with E-state index in [4.69, 9.17) is 4.74 Å². The maximum Gasteiger partial charge on any atom is 0.0962 e. The molecular weight excluding hydrogens is 284 g/mol. The molecule has 23 heavy (non-hydrogen) atoms. The van der Waals surface area contributed by atoms with Gasteiger partial charge in [-0.25, -0.2) is 0 Å². The summed E-state index contributed by atoms with van der Waals surface area (Å²) in [5.41, 5.74) is 2.05. The van der Waals surface area contributed by atoms with Gasteiger partial charge in [-0.1, -0.05) is 19.9 Å². The molecule has 128 valence electrons. The van der Waals surface area contributed by atoms with Crippen molar-refractivity contribution < 1.29 is 9.84 Å². The summed E-state index contributed by atoms with van der Waals surface area (Å²) in [6.07, 6.45) is 13.1. The van der Waals surface area contributed by atoms with Crippen molar-refractivity contribution >= 4 is 0 Å². The molecule has 0 bridgehead atoms. The second kappa shape index (κ2) is 5.37. The Balaban J connectivity index is 1.66. The maximum absolute atomic E-state index is 10.5. The van der Waals surface area contributed by atoms with Gasteiger partial charge in [0.1, 0.15) is 0 Å². The smallest absolute Gasteiger partial charge is 0.0962 e. The van der Waals surface area contributed by atoms with Gasteiger partial charge in [-0.15, -0.1) is 0 Å². The monoisotopic (exact) mass is 316 g/mol. The van der Waals surface area contributed by atoms with Crippen LogP contribution in [0, 0.1) is 28.6 Å². The maximum atomic E-state index is 10.5. The zero-order chi connectivity index (χ0) is 16.2. The van der Waals surface area contributed by atoms with Gasteiger partial charge >= 0.3 is 0 Å². The van der Waals surface area contributed by atoms with E-state index >= 15 is 0 Å². The number of hydrogen-bond acceptors (Lipinski definition) is 2. The van der Waals surface area contributed by atoms with Crippen LogP contribution in [0.2, 0.25) is 0 Å². The van der Waals surface area contributed by atoms with Crippen molar-refractivity contribution in [2.24, 2.45) is 28.6 Å². The van der Waals surface area contributed by atoms with E-state index in [-0.39, 0.29) is 11.5 Å². The second-order valence-electron chi connectivity index (χ2n) is 8.87. The molecule has 1 unspecified atom stereocenters. The molecule has 0 spiro atoms. The van der Waals surface area contributed by atoms with Crippen molar-refractivity contribution in [3.63, 3.8) is 0 Å². The summed E-state index contributed by atoms with van der Waals surface area (Å²) < 4.78 is 5.80. The fourth-order valence-electron chi connectivity index (χ4n) is 6.57. The average Bonchev–Trinajstić information content (AvgIpc) is 2.84. The molecule has 4 aliphatic rings. The van der Waals surface area contributed by atoms with E-state index in [0.29, 0.717) is 5.41 Å². The van der Waals surface area contributed by atoms with Crippen molar-refractivity contribution in [3.05, 3.63) is 23.5 Å². The van der Waals surface area contributed by atoms with E-state index < -0.39 is 0 Å². The van der Waals surface area contributed by atoms with E-state index in [1.165, 1.54) is 43.4 Å². The van der Waals surface area contributed by atoms with Gasteiger partial charge in [-0.2, -0.15) is 0 Å². The molecule has 4 aliphatic carbocycles. The zero-order valence-corrected chi connectivity index (χ0v) is 15.0. The topological polar surface area (TPSA) is 29.5 Å². The van der Waals surface area contributed by atoms with Crippen molar-refractivity contribution in [2.75, 3.05) is 6.61 Å². The first-order valence-corrected chi connectivity index (χ1v) is 9.71. The van der Waals surface area contributed by atoms with E-state index in [1.54, 1.807) is 0 Å². The average molecular weight is 316 g/mol. The van der Waals surface area contributed by atoms with Gasteiger partial charge in [-0.05, 0) is 85.7 Å². The molecular formula is C21H32O2. The highest BCUT2D eigenvalue weighted by molar-refractivity contribution is 5.35. The first-order chi connectivity index (χ1) is 11.0. The Hall–Kier alpha value is -0.760. The van der Waals surface area contributed by atoms with Crippen LogP contribution in [0.1, 0.15) is 65.7 Å². The lowest BCUT2D eigenvalue weighted by Gasteiger charge is -2.56. The minimum absolute atomic E-state index is 0.0672. The second-order valence-corrected chi connectivity index (χ2v) is 8.87. The van der Waals surface area contributed by atoms with Gasteiger partial charge in [0.05, 0.1) is 18.5 Å². The number of aliphatic hydroxyl groups is 1. The highest BCUT2D eigenvalue weighted by Gasteiger charge is 2.58. The third-order valence-corrected chi connectivity index (χ3v) is 8.01. The Bertz CT molecular complexity index is 548. The molecule has 0 heterocycles. The molecule has 0 saturated heterocycles. The van der Waals surface area contributed by atoms with Gasteiger partial charge in [0, 0.05) is 6.42 Å². The normalized spacial score (nSPS) is 48.7. The van der Waals surface area contributed by atoms with Crippen LogP contribution in [0.15, 0.2) is 23.5 Å². The summed E-state index contributed by atoms with van der Waals surface area (Å²) in [5, 5.41) is 10.5. The highest BCUT2D eigenvalue weighted by atomic mass is 16.5. The fourth-order valence-corrected chi connectivity index (χ4v) is 6.57. The Kier molecular flexibility index (Phi) is 3.68. The van der Waals surface area contributed by atoms with Crippen molar-refractivity contribution in [2.45, 2.75) is 71.8 Å². The lowest BCUT2D eigenvalue weighted by molar-refractivity contribution is -0.0635. The number of rotatable bonds is 2. The molecule has 6 atom stereocenters. The Morgan fingerprint density at radius 1 is 1.17 bits per heavy atom. The summed E-state index contributed by atoms with van der Waals surface area (Å²) in [7, 11) is 0. The summed E-state index contributed by atoms with van der Waals surface area (Å²) >= 11 is 0. The quantitative estimate of drug-likeness (QED) is 0.790. The summed E-state index contributed by atoms with van der Waals surface area (Å²) in [6, 6.07) is 0. The predicted octanol–water partition coefficient (Wildman–Crippen LogP) is 4.84. The molecule has 0 aromatic carbocycles. The molecule has 0 aromatic heterocycles. The summed E-state index contributed by atoms with van der Waals surface area (Å²) in [4.78, 5) is 0. The number of fused-ring (bicyclic) bond motifs is 5. The van der Waals surface area contributed by atoms with E-state index in [0.717, 1.165) is 37.2 Å². The first kappa shape index (κ1) is 15.7. The minimum atomic E-state index is -0.0672. The number of ether oxygens (including phenoxy) is 1. The molecule has 0 radical (unpaired) electrons. The van der Waals surface area contributed by atoms with Gasteiger partial charge in [-0.3, -0.25) is 0 Å². The van der Waals surface area contributed by atoms with Crippen molar-refractivity contribution in [1.29, 1.82) is 0 Å². The van der Waals surface area contributed by atoms with Crippen LogP contribution < -0.4 is 0 Å². The SMILES string of the molecule is CCOC1=CC2=CC[C@@H]3[C@H](CC[C@]4(C)C(O)CC[C@@H]34)[C@@]2(C)CC1. The van der Waals surface area contributed by atoms with Crippen LogP contribution in [0.4, 0.5) is 0 Å². The molecule has 2 heteroatoms. The molecule has 2 saturated carbocycles. The Morgan fingerprint density at radius 3 is 2.78 bits per heavy atom. The lowest BCUT2D eigenvalue weighted by atomic mass is 9.48. The molecule has 2 nitrogen and oxygen atoms in total. The van der Waals surface area contributed by atoms with Gasteiger partial charge in [0.25, 0.3) is 0 Å². The van der Waals surface area contributed by atoms with E-state index in [9.17, 15) is 5.11 Å². The lowest BCUT2D eigenvalue weighted by Crippen LogP contribution is -2.50. The number of hydrogen-bond donors (Lipinski definition) is 1. The van der Waals surface area contributed by atoms with Crippen molar-refractivity contribution in [1.82, 2.24) is 0 Å². The van der Waals surface area contributed by atoms with Crippen LogP contribution in [-0.4, -0.2) is 17.8 Å². The molecule has 1 N–H and O–H groups in total. The van der Waals surface area contributed by atoms with Gasteiger partial charge < -0.3 is 9.84 Å². The fraction of sp³-hybridized carbons (Fsp3) is 0.810. The van der Waals surface area contributed by atoms with Crippen LogP contribution in [0.25, 0.3) is 0 Å². The number of aliphatic hydroxyl groups excluding tert-OH is 1. The summed E-state index contributed by atoms with van der Waals surface area (Å²) in [5.74, 6) is 3.49. The van der Waals surface area contributed by atoms with Gasteiger partial charge in [0.15, 0.2) is 0 Å². The van der Waals surface area contributed by atoms with Crippen LogP contribution in [0.3, 0.4) is 0 Å². The highest BCUT2D eigenvalue weighted by Crippen LogP contribution is 2.64. The Labute approximate surface area is 141 Å². The molecule has 4 rings (SSSR count). The first-order valence-electron chi connectivity index (χ1n) is 9.71. The van der Waals surface area contributed by atoms with Gasteiger partial charge in [0.2, 0.25) is 0 Å². The molecule has 0 aliphatic heterocycles. The number of allylic oxidation sites excluding steroid dienone is 4. The standard InChI is InChI=1S/C21H32O2/c1-4-23-15-9-11-20(2)14(13-15)5-6-16-17-7-8-19(22)21(17,3)12-10-18(16)20/h5,13,16-19,22H,4,6-12H2,1-3H3/t16-,17-,18-,19?,20-,21-/m0/s1. The van der Waals surface area contributed by atoms with Crippen LogP contribution >= 0.6 is 0 Å². The zero-order valence-electron chi connectivity index (χ0n) is 15.0. The third-order valence-electron chi connectivity index (χ3n) is 8.01. The molecule has 2 fully saturated rings. The van der Waals surface area contributed by atoms with Crippen LogP contribution in [-0.2, 0) is 4.74 Å². The third kappa shape index (κ3) is 2.17. The Morgan fingerprint density at radius 2 is 2.00 bits per heavy atom. The van der Waals surface area contributed by atoms with Crippen molar-refractivity contribution in [3.8, 4) is 0 Å². The molecule has 0 amide bonds. The molecule has 0 aromatic rings. The van der Waals surface area contributed by atoms with E-state index in [2.05, 4.69) is 32.9 Å². The van der Waals surface area contributed by atoms with Crippen LogP contribution in [0.5, 0.6) is 0 Å². The minimum Gasteiger partial charge on any atom is -0.498 e. The largest absolute Gasteiger partial charge is 0.498 e. The van der Waals surface area contributed by atoms with E-state index in [1.807, 2.05) is 0 Å². The summed E-state index contributed by atoms with van der Waals surface area (Å²) in [6.45, 7) is 7.72. The predicted molar refractivity (Wildman–Crippen MR) is 92.8 cm³/mol.